The van der Waals surface area contributed by atoms with Crippen LogP contribution in [0.1, 0.15) is 49.4 Å². The normalized spacial score (nSPS) is 12.2. The standard InChI is InChI=1S/C18H26N4O3S/c1-5-10(2)20-15(24)8-9-19-14(23)7-6-13-21-17(25)16-11(3)12(4)26-18(16)22-13/h10H,5-9H2,1-4H3,(H,19,23)(H,20,24)(H,21,22,25). The van der Waals surface area contributed by atoms with Crippen molar-refractivity contribution in [1.82, 2.24) is 20.6 Å². The number of aromatic amines is 1. The summed E-state index contributed by atoms with van der Waals surface area (Å²) >= 11 is 1.49. The van der Waals surface area contributed by atoms with E-state index in [2.05, 4.69) is 20.6 Å². The second kappa shape index (κ2) is 8.93. The van der Waals surface area contributed by atoms with Crippen LogP contribution in [0.15, 0.2) is 4.79 Å². The van der Waals surface area contributed by atoms with Crippen LogP contribution in [-0.2, 0) is 16.0 Å². The van der Waals surface area contributed by atoms with Crippen LogP contribution in [0.4, 0.5) is 0 Å². The van der Waals surface area contributed by atoms with Gasteiger partial charge in [-0.3, -0.25) is 14.4 Å². The van der Waals surface area contributed by atoms with Gasteiger partial charge in [0, 0.05) is 36.7 Å². The molecule has 0 saturated heterocycles. The predicted molar refractivity (Wildman–Crippen MR) is 104 cm³/mol. The Kier molecular flexibility index (Phi) is 6.90. The Bertz CT molecular complexity index is 856. The van der Waals surface area contributed by atoms with Gasteiger partial charge in [0.05, 0.1) is 5.39 Å². The van der Waals surface area contributed by atoms with Gasteiger partial charge in [0.25, 0.3) is 5.56 Å². The summed E-state index contributed by atoms with van der Waals surface area (Å²) in [5.41, 5.74) is 0.799. The highest BCUT2D eigenvalue weighted by Crippen LogP contribution is 2.25. The zero-order valence-corrected chi connectivity index (χ0v) is 16.5. The number of hydrogen-bond acceptors (Lipinski definition) is 5. The molecule has 0 aliphatic rings. The average molecular weight is 378 g/mol. The van der Waals surface area contributed by atoms with Crippen LogP contribution < -0.4 is 16.2 Å². The lowest BCUT2D eigenvalue weighted by atomic mass is 10.2. The van der Waals surface area contributed by atoms with E-state index in [-0.39, 0.29) is 36.3 Å². The third kappa shape index (κ3) is 5.14. The first-order valence-electron chi connectivity index (χ1n) is 8.86. The molecule has 2 aromatic rings. The number of fused-ring (bicyclic) bond motifs is 1. The van der Waals surface area contributed by atoms with Crippen molar-refractivity contribution in [1.29, 1.82) is 0 Å². The van der Waals surface area contributed by atoms with Gasteiger partial charge in [-0.05, 0) is 32.8 Å². The topological polar surface area (TPSA) is 104 Å². The second-order valence-corrected chi connectivity index (χ2v) is 7.66. The number of carbonyl (C=O) groups excluding carboxylic acids is 2. The minimum Gasteiger partial charge on any atom is -0.356 e. The van der Waals surface area contributed by atoms with Crippen LogP contribution in [0.5, 0.6) is 0 Å². The van der Waals surface area contributed by atoms with Crippen molar-refractivity contribution >= 4 is 33.4 Å². The smallest absolute Gasteiger partial charge is 0.259 e. The second-order valence-electron chi connectivity index (χ2n) is 6.45. The van der Waals surface area contributed by atoms with E-state index in [9.17, 15) is 14.4 Å². The molecule has 0 aliphatic carbocycles. The number of hydrogen-bond donors (Lipinski definition) is 3. The average Bonchev–Trinajstić information content (AvgIpc) is 2.87. The van der Waals surface area contributed by atoms with Crippen molar-refractivity contribution in [3.8, 4) is 0 Å². The molecule has 0 saturated carbocycles. The number of nitrogens with zero attached hydrogens (tertiary/aromatic N) is 1. The summed E-state index contributed by atoms with van der Waals surface area (Å²) in [5, 5.41) is 6.21. The lowest BCUT2D eigenvalue weighted by Gasteiger charge is -2.11. The molecule has 1 atom stereocenters. The number of nitrogens with one attached hydrogen (secondary N) is 3. The molecule has 142 valence electrons. The third-order valence-corrected chi connectivity index (χ3v) is 5.47. The summed E-state index contributed by atoms with van der Waals surface area (Å²) in [6.07, 6.45) is 1.69. The fourth-order valence-electron chi connectivity index (χ4n) is 2.50. The maximum Gasteiger partial charge on any atom is 0.259 e. The Morgan fingerprint density at radius 1 is 1.23 bits per heavy atom. The van der Waals surface area contributed by atoms with Gasteiger partial charge in [-0.25, -0.2) is 4.98 Å². The number of aryl methyl sites for hydroxylation is 3. The summed E-state index contributed by atoms with van der Waals surface area (Å²) in [7, 11) is 0. The van der Waals surface area contributed by atoms with E-state index in [1.807, 2.05) is 27.7 Å². The lowest BCUT2D eigenvalue weighted by molar-refractivity contribution is -0.122. The Hall–Kier alpha value is -2.22. The first kappa shape index (κ1) is 20.1. The minimum absolute atomic E-state index is 0.0699. The summed E-state index contributed by atoms with van der Waals surface area (Å²) in [4.78, 5) is 44.8. The fourth-order valence-corrected chi connectivity index (χ4v) is 3.55. The van der Waals surface area contributed by atoms with Crippen LogP contribution >= 0.6 is 11.3 Å². The quantitative estimate of drug-likeness (QED) is 0.653. The molecule has 8 heteroatoms. The molecule has 1 unspecified atom stereocenters. The first-order valence-corrected chi connectivity index (χ1v) is 9.68. The first-order chi connectivity index (χ1) is 12.3. The Balaban J connectivity index is 1.83. The van der Waals surface area contributed by atoms with Gasteiger partial charge in [0.2, 0.25) is 11.8 Å². The van der Waals surface area contributed by atoms with Gasteiger partial charge in [0.15, 0.2) is 0 Å². The van der Waals surface area contributed by atoms with E-state index in [0.717, 1.165) is 16.9 Å². The Morgan fingerprint density at radius 3 is 2.65 bits per heavy atom. The van der Waals surface area contributed by atoms with Crippen LogP contribution in [-0.4, -0.2) is 34.4 Å². The predicted octanol–water partition coefficient (Wildman–Crippen LogP) is 1.96. The molecule has 3 N–H and O–H groups in total. The van der Waals surface area contributed by atoms with Crippen LogP contribution in [0.2, 0.25) is 0 Å². The van der Waals surface area contributed by atoms with Crippen LogP contribution in [0, 0.1) is 13.8 Å². The molecular weight excluding hydrogens is 352 g/mol. The summed E-state index contributed by atoms with van der Waals surface area (Å²) in [6, 6.07) is 0.139. The molecule has 26 heavy (non-hydrogen) atoms. The maximum absolute atomic E-state index is 12.2. The molecule has 0 aliphatic heterocycles. The summed E-state index contributed by atoms with van der Waals surface area (Å²) in [5.74, 6) is 0.274. The molecule has 7 nitrogen and oxygen atoms in total. The molecule has 0 bridgehead atoms. The Morgan fingerprint density at radius 2 is 1.96 bits per heavy atom. The summed E-state index contributed by atoms with van der Waals surface area (Å²) < 4.78 is 0. The zero-order chi connectivity index (χ0) is 19.3. The number of thiophene rings is 1. The van der Waals surface area contributed by atoms with Gasteiger partial charge in [-0.15, -0.1) is 11.3 Å². The molecular formula is C18H26N4O3S. The number of rotatable bonds is 8. The molecule has 0 radical (unpaired) electrons. The van der Waals surface area contributed by atoms with Crippen LogP contribution in [0.3, 0.4) is 0 Å². The third-order valence-electron chi connectivity index (χ3n) is 4.37. The van der Waals surface area contributed by atoms with E-state index < -0.39 is 0 Å². The molecule has 2 rings (SSSR count). The number of amides is 2. The molecule has 0 spiro atoms. The van der Waals surface area contributed by atoms with Crippen molar-refractivity contribution in [3.05, 3.63) is 26.6 Å². The van der Waals surface area contributed by atoms with Crippen molar-refractivity contribution in [2.45, 2.75) is 59.4 Å². The SMILES string of the molecule is CCC(C)NC(=O)CCNC(=O)CCc1nc2sc(C)c(C)c2c(=O)[nH]1. The molecule has 2 aromatic heterocycles. The minimum atomic E-state index is -0.164. The Labute approximate surface area is 156 Å². The highest BCUT2D eigenvalue weighted by molar-refractivity contribution is 7.18. The molecule has 2 heterocycles. The summed E-state index contributed by atoms with van der Waals surface area (Å²) in [6.45, 7) is 8.12. The van der Waals surface area contributed by atoms with Gasteiger partial charge >= 0.3 is 0 Å². The fraction of sp³-hybridized carbons (Fsp3) is 0.556. The van der Waals surface area contributed by atoms with E-state index in [4.69, 9.17) is 0 Å². The van der Waals surface area contributed by atoms with Gasteiger partial charge < -0.3 is 15.6 Å². The highest BCUT2D eigenvalue weighted by Gasteiger charge is 2.13. The molecule has 2 amide bonds. The van der Waals surface area contributed by atoms with Crippen molar-refractivity contribution < 1.29 is 9.59 Å². The number of aromatic nitrogens is 2. The lowest BCUT2D eigenvalue weighted by Crippen LogP contribution is -2.35. The number of H-pyrrole nitrogens is 1. The van der Waals surface area contributed by atoms with E-state index >= 15 is 0 Å². The van der Waals surface area contributed by atoms with Gasteiger partial charge in [-0.1, -0.05) is 6.92 Å². The highest BCUT2D eigenvalue weighted by atomic mass is 32.1. The zero-order valence-electron chi connectivity index (χ0n) is 15.7. The number of carbonyl (C=O) groups is 2. The largest absolute Gasteiger partial charge is 0.356 e. The van der Waals surface area contributed by atoms with Crippen LogP contribution in [0.25, 0.3) is 10.2 Å². The van der Waals surface area contributed by atoms with Crippen molar-refractivity contribution in [3.63, 3.8) is 0 Å². The molecule has 0 aromatic carbocycles. The van der Waals surface area contributed by atoms with E-state index in [1.54, 1.807) is 0 Å². The van der Waals surface area contributed by atoms with E-state index in [0.29, 0.717) is 29.0 Å². The van der Waals surface area contributed by atoms with Gasteiger partial charge in [0.1, 0.15) is 10.7 Å². The maximum atomic E-state index is 12.2. The molecule has 0 fully saturated rings. The monoisotopic (exact) mass is 378 g/mol. The van der Waals surface area contributed by atoms with E-state index in [1.165, 1.54) is 11.3 Å². The van der Waals surface area contributed by atoms with Gasteiger partial charge in [-0.2, -0.15) is 0 Å². The van der Waals surface area contributed by atoms with Crippen molar-refractivity contribution in [2.24, 2.45) is 0 Å². The van der Waals surface area contributed by atoms with Crippen molar-refractivity contribution in [2.75, 3.05) is 6.54 Å².